The Balaban J connectivity index is 1.64. The molecule has 2 aliphatic carbocycles. The van der Waals surface area contributed by atoms with E-state index < -0.39 is 17.4 Å². The molecule has 0 radical (unpaired) electrons. The number of nitrogens with zero attached hydrogens (tertiary/aromatic N) is 1. The van der Waals surface area contributed by atoms with Crippen LogP contribution in [0.4, 0.5) is 5.69 Å². The molecule has 168 valence electrons. The summed E-state index contributed by atoms with van der Waals surface area (Å²) < 4.78 is 0. The Morgan fingerprint density at radius 3 is 2.52 bits per heavy atom. The van der Waals surface area contributed by atoms with E-state index >= 15 is 0 Å². The van der Waals surface area contributed by atoms with Crippen LogP contribution in [-0.4, -0.2) is 33.4 Å². The van der Waals surface area contributed by atoms with E-state index in [4.69, 9.17) is 0 Å². The van der Waals surface area contributed by atoms with Crippen LogP contribution in [0.1, 0.15) is 48.0 Å². The van der Waals surface area contributed by atoms with Gasteiger partial charge in [-0.15, -0.1) is 0 Å². The number of nitrogens with one attached hydrogen (secondary N) is 2. The molecule has 7 nitrogen and oxygen atoms in total. The lowest BCUT2D eigenvalue weighted by molar-refractivity contribution is -0.148. The number of aryl methyl sites for hydroxylation is 1. The van der Waals surface area contributed by atoms with E-state index in [-0.39, 0.29) is 11.8 Å². The summed E-state index contributed by atoms with van der Waals surface area (Å²) in [6.07, 6.45) is 6.77. The number of rotatable bonds is 6. The molecular formula is C26H25N3O4. The molecule has 1 heterocycles. The molecule has 0 spiro atoms. The van der Waals surface area contributed by atoms with Crippen LogP contribution in [0.5, 0.6) is 0 Å². The van der Waals surface area contributed by atoms with Crippen LogP contribution >= 0.6 is 0 Å². The summed E-state index contributed by atoms with van der Waals surface area (Å²) in [5, 5.41) is 17.4. The zero-order chi connectivity index (χ0) is 23.2. The largest absolute Gasteiger partial charge is 0.480 e. The number of hydrogen-bond acceptors (Lipinski definition) is 4. The van der Waals surface area contributed by atoms with Crippen molar-refractivity contribution in [1.82, 2.24) is 10.3 Å². The van der Waals surface area contributed by atoms with Gasteiger partial charge in [-0.1, -0.05) is 18.2 Å². The highest BCUT2D eigenvalue weighted by Crippen LogP contribution is 2.39. The highest BCUT2D eigenvalue weighted by Gasteiger charge is 2.46. The molecule has 5 rings (SSSR count). The molecule has 0 saturated heterocycles. The first-order valence-corrected chi connectivity index (χ1v) is 11.2. The van der Waals surface area contributed by atoms with Crippen molar-refractivity contribution in [3.63, 3.8) is 0 Å². The van der Waals surface area contributed by atoms with Gasteiger partial charge in [-0.2, -0.15) is 0 Å². The minimum absolute atomic E-state index is 0.000734. The molecule has 2 saturated carbocycles. The SMILES string of the molecule is Cc1ccc(C(=O)NC2(C(=O)O)CCC2)c(-c2ccc3ccncc3c2)c1NC(=O)C1CC1. The maximum atomic E-state index is 13.4. The summed E-state index contributed by atoms with van der Waals surface area (Å²) in [5.41, 5.74) is 1.87. The second-order valence-corrected chi connectivity index (χ2v) is 9.08. The van der Waals surface area contributed by atoms with Gasteiger partial charge in [0.2, 0.25) is 5.91 Å². The van der Waals surface area contributed by atoms with Gasteiger partial charge < -0.3 is 15.7 Å². The normalized spacial score (nSPS) is 16.6. The smallest absolute Gasteiger partial charge is 0.329 e. The van der Waals surface area contributed by atoms with Crippen molar-refractivity contribution >= 4 is 34.2 Å². The predicted molar refractivity (Wildman–Crippen MR) is 125 cm³/mol. The predicted octanol–water partition coefficient (Wildman–Crippen LogP) is 4.30. The van der Waals surface area contributed by atoms with Gasteiger partial charge in [0.05, 0.1) is 5.69 Å². The molecule has 2 aromatic carbocycles. The summed E-state index contributed by atoms with van der Waals surface area (Å²) in [6.45, 7) is 1.89. The number of benzene rings is 2. The van der Waals surface area contributed by atoms with Crippen LogP contribution in [0.15, 0.2) is 48.8 Å². The Morgan fingerprint density at radius 1 is 1.06 bits per heavy atom. The summed E-state index contributed by atoms with van der Waals surface area (Å²) in [7, 11) is 0. The molecule has 2 fully saturated rings. The molecule has 0 unspecified atom stereocenters. The Morgan fingerprint density at radius 2 is 1.85 bits per heavy atom. The average Bonchev–Trinajstić information content (AvgIpc) is 3.62. The number of hydrogen-bond donors (Lipinski definition) is 3. The number of anilines is 1. The quantitative estimate of drug-likeness (QED) is 0.527. The van der Waals surface area contributed by atoms with Gasteiger partial charge in [-0.3, -0.25) is 14.6 Å². The first-order valence-electron chi connectivity index (χ1n) is 11.2. The minimum atomic E-state index is -1.23. The highest BCUT2D eigenvalue weighted by molar-refractivity contribution is 6.09. The van der Waals surface area contributed by atoms with Crippen molar-refractivity contribution < 1.29 is 19.5 Å². The second kappa shape index (κ2) is 7.99. The monoisotopic (exact) mass is 443 g/mol. The Kier molecular flexibility index (Phi) is 5.12. The van der Waals surface area contributed by atoms with Gasteiger partial charge in [0.15, 0.2) is 0 Å². The number of pyridine rings is 1. The van der Waals surface area contributed by atoms with Crippen molar-refractivity contribution in [1.29, 1.82) is 0 Å². The molecule has 1 aromatic heterocycles. The van der Waals surface area contributed by atoms with E-state index in [0.29, 0.717) is 29.7 Å². The molecular weight excluding hydrogens is 418 g/mol. The lowest BCUT2D eigenvalue weighted by Gasteiger charge is -2.38. The average molecular weight is 444 g/mol. The lowest BCUT2D eigenvalue weighted by Crippen LogP contribution is -2.59. The van der Waals surface area contributed by atoms with Gasteiger partial charge >= 0.3 is 5.97 Å². The van der Waals surface area contributed by atoms with Crippen LogP contribution in [0.2, 0.25) is 0 Å². The van der Waals surface area contributed by atoms with Gasteiger partial charge in [-0.05, 0) is 73.7 Å². The molecule has 3 N–H and O–H groups in total. The van der Waals surface area contributed by atoms with E-state index in [2.05, 4.69) is 15.6 Å². The summed E-state index contributed by atoms with van der Waals surface area (Å²) >= 11 is 0. The molecule has 2 aliphatic rings. The number of aliphatic carboxylic acids is 1. The maximum Gasteiger partial charge on any atom is 0.329 e. The fourth-order valence-electron chi connectivity index (χ4n) is 4.38. The summed E-state index contributed by atoms with van der Waals surface area (Å²) in [5.74, 6) is -1.53. The van der Waals surface area contributed by atoms with Gasteiger partial charge in [0.25, 0.3) is 5.91 Å². The van der Waals surface area contributed by atoms with Crippen molar-refractivity contribution in [2.24, 2.45) is 5.92 Å². The first kappa shape index (κ1) is 21.1. The molecule has 0 atom stereocenters. The maximum absolute atomic E-state index is 13.4. The van der Waals surface area contributed by atoms with Crippen molar-refractivity contribution in [2.45, 2.75) is 44.6 Å². The van der Waals surface area contributed by atoms with Crippen LogP contribution in [0.25, 0.3) is 21.9 Å². The molecule has 3 aromatic rings. The second-order valence-electron chi connectivity index (χ2n) is 9.08. The van der Waals surface area contributed by atoms with E-state index in [0.717, 1.165) is 41.2 Å². The third kappa shape index (κ3) is 3.84. The Hall–Kier alpha value is -3.74. The first-order chi connectivity index (χ1) is 15.9. The fraction of sp³-hybridized carbons (Fsp3) is 0.308. The van der Waals surface area contributed by atoms with Crippen LogP contribution < -0.4 is 10.6 Å². The van der Waals surface area contributed by atoms with Crippen LogP contribution in [0, 0.1) is 12.8 Å². The van der Waals surface area contributed by atoms with Crippen LogP contribution in [-0.2, 0) is 9.59 Å². The molecule has 0 aliphatic heterocycles. The number of carbonyl (C=O) groups is 3. The molecule has 33 heavy (non-hydrogen) atoms. The highest BCUT2D eigenvalue weighted by atomic mass is 16.4. The fourth-order valence-corrected chi connectivity index (χ4v) is 4.38. The van der Waals surface area contributed by atoms with Crippen molar-refractivity contribution in [2.75, 3.05) is 5.32 Å². The standard InChI is InChI=1S/C26H25N3O4/c1-15-3-8-20(24(31)29-26(25(32)33)10-2-11-26)21(22(15)28-23(30)17-5-6-17)18-7-4-16-9-12-27-14-19(16)13-18/h3-4,7-9,12-14,17H,2,5-6,10-11H2,1H3,(H,28,30)(H,29,31)(H,32,33). The van der Waals surface area contributed by atoms with Crippen molar-refractivity contribution in [3.05, 3.63) is 59.9 Å². The van der Waals surface area contributed by atoms with E-state index in [1.165, 1.54) is 0 Å². The molecule has 0 bridgehead atoms. The van der Waals surface area contributed by atoms with E-state index in [1.807, 2.05) is 31.2 Å². The summed E-state index contributed by atoms with van der Waals surface area (Å²) in [4.78, 5) is 42.1. The number of carbonyl (C=O) groups excluding carboxylic acids is 2. The number of carboxylic acids is 1. The molecule has 7 heteroatoms. The van der Waals surface area contributed by atoms with Gasteiger partial charge in [0, 0.05) is 34.8 Å². The summed E-state index contributed by atoms with van der Waals surface area (Å²) in [6, 6.07) is 11.2. The number of amides is 2. The van der Waals surface area contributed by atoms with Gasteiger partial charge in [-0.25, -0.2) is 4.79 Å². The third-order valence-corrected chi connectivity index (χ3v) is 6.75. The topological polar surface area (TPSA) is 108 Å². The number of fused-ring (bicyclic) bond motifs is 1. The third-order valence-electron chi connectivity index (χ3n) is 6.75. The van der Waals surface area contributed by atoms with E-state index in [9.17, 15) is 19.5 Å². The minimum Gasteiger partial charge on any atom is -0.480 e. The number of carboxylic acid groups (broad SMARTS) is 1. The molecule has 2 amide bonds. The van der Waals surface area contributed by atoms with Gasteiger partial charge in [0.1, 0.15) is 5.54 Å². The lowest BCUT2D eigenvalue weighted by atomic mass is 9.76. The van der Waals surface area contributed by atoms with E-state index in [1.54, 1.807) is 24.5 Å². The van der Waals surface area contributed by atoms with Crippen molar-refractivity contribution in [3.8, 4) is 11.1 Å². The Labute approximate surface area is 191 Å². The van der Waals surface area contributed by atoms with Crippen LogP contribution in [0.3, 0.4) is 0 Å². The zero-order valence-electron chi connectivity index (χ0n) is 18.4. The Bertz CT molecular complexity index is 1290. The zero-order valence-corrected chi connectivity index (χ0v) is 18.4. The number of aromatic nitrogens is 1.